The molecule has 0 radical (unpaired) electrons. The van der Waals surface area contributed by atoms with Gasteiger partial charge in [-0.15, -0.1) is 0 Å². The molecule has 0 spiro atoms. The van der Waals surface area contributed by atoms with Crippen LogP contribution >= 0.6 is 11.6 Å². The second kappa shape index (κ2) is 5.66. The van der Waals surface area contributed by atoms with Gasteiger partial charge in [0.15, 0.2) is 0 Å². The topological polar surface area (TPSA) is 50.9 Å². The summed E-state index contributed by atoms with van der Waals surface area (Å²) in [5.41, 5.74) is 7.15. The number of benzene rings is 1. The zero-order valence-corrected chi connectivity index (χ0v) is 10.1. The smallest absolute Gasteiger partial charge is 0.144 e. The van der Waals surface area contributed by atoms with Crippen LogP contribution in [0.4, 0.5) is 5.82 Å². The van der Waals surface area contributed by atoms with Crippen molar-refractivity contribution in [2.45, 2.75) is 6.04 Å². The molecule has 0 aliphatic carbocycles. The minimum absolute atomic E-state index is 0.0747. The lowest BCUT2D eigenvalue weighted by Crippen LogP contribution is -2.21. The number of nitrogens with two attached hydrogens (primary N) is 1. The molecule has 88 valence electrons. The van der Waals surface area contributed by atoms with Gasteiger partial charge in [-0.05, 0) is 17.7 Å². The third kappa shape index (κ3) is 3.19. The lowest BCUT2D eigenvalue weighted by Gasteiger charge is -2.14. The zero-order chi connectivity index (χ0) is 12.1. The molecule has 0 amide bonds. The summed E-state index contributed by atoms with van der Waals surface area (Å²) in [6.45, 7) is 0.598. The first-order valence-corrected chi connectivity index (χ1v) is 5.80. The Balaban J connectivity index is 1.97. The van der Waals surface area contributed by atoms with Gasteiger partial charge in [0.05, 0.1) is 5.02 Å². The molecule has 1 aromatic heterocycles. The Morgan fingerprint density at radius 1 is 1.18 bits per heavy atom. The van der Waals surface area contributed by atoms with E-state index in [4.69, 9.17) is 17.3 Å². The molecule has 2 rings (SSSR count). The molecule has 17 heavy (non-hydrogen) atoms. The van der Waals surface area contributed by atoms with Gasteiger partial charge in [-0.3, -0.25) is 0 Å². The van der Waals surface area contributed by atoms with E-state index in [0.29, 0.717) is 17.4 Å². The minimum Gasteiger partial charge on any atom is -0.367 e. The molecule has 1 unspecified atom stereocenters. The van der Waals surface area contributed by atoms with E-state index in [9.17, 15) is 0 Å². The van der Waals surface area contributed by atoms with Crippen LogP contribution in [-0.2, 0) is 0 Å². The van der Waals surface area contributed by atoms with Crippen LogP contribution in [0.3, 0.4) is 0 Å². The maximum Gasteiger partial charge on any atom is 0.144 e. The Labute approximate surface area is 106 Å². The van der Waals surface area contributed by atoms with E-state index in [1.807, 2.05) is 30.3 Å². The van der Waals surface area contributed by atoms with Crippen molar-refractivity contribution in [3.8, 4) is 0 Å². The van der Waals surface area contributed by atoms with Gasteiger partial charge in [0.25, 0.3) is 0 Å². The maximum absolute atomic E-state index is 6.06. The van der Waals surface area contributed by atoms with Gasteiger partial charge in [-0.1, -0.05) is 41.9 Å². The van der Waals surface area contributed by atoms with Crippen molar-refractivity contribution in [2.24, 2.45) is 5.73 Å². The first-order chi connectivity index (χ1) is 8.27. The van der Waals surface area contributed by atoms with Crippen LogP contribution in [0.1, 0.15) is 11.6 Å². The zero-order valence-electron chi connectivity index (χ0n) is 9.31. The number of nitrogens with one attached hydrogen (secondary N) is 1. The molecule has 0 saturated carbocycles. The van der Waals surface area contributed by atoms with Crippen LogP contribution in [0.2, 0.25) is 5.02 Å². The normalized spacial score (nSPS) is 12.1. The molecule has 1 aromatic carbocycles. The number of pyridine rings is 1. The highest BCUT2D eigenvalue weighted by molar-refractivity contribution is 6.32. The third-order valence-corrected chi connectivity index (χ3v) is 2.78. The van der Waals surface area contributed by atoms with Gasteiger partial charge >= 0.3 is 0 Å². The molecular formula is C13H14ClN3. The summed E-state index contributed by atoms with van der Waals surface area (Å²) in [6, 6.07) is 13.5. The van der Waals surface area contributed by atoms with Crippen LogP contribution in [0.5, 0.6) is 0 Å². The predicted molar refractivity (Wildman–Crippen MR) is 71.1 cm³/mol. The fraction of sp³-hybridized carbons (Fsp3) is 0.154. The molecule has 1 atom stereocenters. The number of halogens is 1. The standard InChI is InChI=1S/C13H14ClN3/c14-11-7-4-8-16-13(11)17-9-12(15)10-5-2-1-3-6-10/h1-8,12H,9,15H2,(H,16,17). The monoisotopic (exact) mass is 247 g/mol. The maximum atomic E-state index is 6.06. The van der Waals surface area contributed by atoms with Crippen LogP contribution in [0.25, 0.3) is 0 Å². The molecule has 0 saturated heterocycles. The highest BCUT2D eigenvalue weighted by Gasteiger charge is 2.06. The van der Waals surface area contributed by atoms with Gasteiger partial charge in [0.2, 0.25) is 0 Å². The number of aromatic nitrogens is 1. The van der Waals surface area contributed by atoms with E-state index >= 15 is 0 Å². The molecule has 3 N–H and O–H groups in total. The van der Waals surface area contributed by atoms with Crippen LogP contribution in [0, 0.1) is 0 Å². The summed E-state index contributed by atoms with van der Waals surface area (Å²) in [6.07, 6.45) is 1.70. The lowest BCUT2D eigenvalue weighted by atomic mass is 10.1. The minimum atomic E-state index is -0.0747. The molecule has 4 heteroatoms. The first-order valence-electron chi connectivity index (χ1n) is 5.42. The SMILES string of the molecule is NC(CNc1ncccc1Cl)c1ccccc1. The number of rotatable bonds is 4. The summed E-state index contributed by atoms with van der Waals surface area (Å²) in [5, 5.41) is 3.75. The fourth-order valence-corrected chi connectivity index (χ4v) is 1.73. The molecule has 1 heterocycles. The average Bonchev–Trinajstić information content (AvgIpc) is 2.38. The van der Waals surface area contributed by atoms with Gasteiger partial charge in [-0.2, -0.15) is 0 Å². The first kappa shape index (κ1) is 11.9. The Bertz CT molecular complexity index is 473. The molecule has 2 aromatic rings. The number of nitrogens with zero attached hydrogens (tertiary/aromatic N) is 1. The third-order valence-electron chi connectivity index (χ3n) is 2.48. The number of hydrogen-bond donors (Lipinski definition) is 2. The number of hydrogen-bond acceptors (Lipinski definition) is 3. The Morgan fingerprint density at radius 2 is 1.94 bits per heavy atom. The van der Waals surface area contributed by atoms with E-state index in [-0.39, 0.29) is 6.04 Å². The van der Waals surface area contributed by atoms with E-state index in [1.54, 1.807) is 18.3 Å². The van der Waals surface area contributed by atoms with Crippen molar-refractivity contribution in [3.05, 3.63) is 59.2 Å². The highest BCUT2D eigenvalue weighted by Crippen LogP contribution is 2.18. The van der Waals surface area contributed by atoms with Gasteiger partial charge in [0, 0.05) is 18.8 Å². The summed E-state index contributed by atoms with van der Waals surface area (Å²) >= 11 is 5.99. The van der Waals surface area contributed by atoms with E-state index in [0.717, 1.165) is 5.56 Å². The van der Waals surface area contributed by atoms with Crippen molar-refractivity contribution < 1.29 is 0 Å². The van der Waals surface area contributed by atoms with Gasteiger partial charge in [0.1, 0.15) is 5.82 Å². The molecular weight excluding hydrogens is 234 g/mol. The van der Waals surface area contributed by atoms with Crippen molar-refractivity contribution >= 4 is 17.4 Å². The Kier molecular flexibility index (Phi) is 3.96. The average molecular weight is 248 g/mol. The Hall–Kier alpha value is -1.58. The van der Waals surface area contributed by atoms with Crippen molar-refractivity contribution in [1.29, 1.82) is 0 Å². The Morgan fingerprint density at radius 3 is 2.65 bits per heavy atom. The van der Waals surface area contributed by atoms with Crippen molar-refractivity contribution in [2.75, 3.05) is 11.9 Å². The second-order valence-corrected chi connectivity index (χ2v) is 4.14. The van der Waals surface area contributed by atoms with E-state index in [2.05, 4.69) is 10.3 Å². The highest BCUT2D eigenvalue weighted by atomic mass is 35.5. The van der Waals surface area contributed by atoms with Crippen LogP contribution in [0.15, 0.2) is 48.7 Å². The van der Waals surface area contributed by atoms with Crippen molar-refractivity contribution in [3.63, 3.8) is 0 Å². The van der Waals surface area contributed by atoms with E-state index in [1.165, 1.54) is 0 Å². The van der Waals surface area contributed by atoms with Crippen LogP contribution in [-0.4, -0.2) is 11.5 Å². The summed E-state index contributed by atoms with van der Waals surface area (Å²) < 4.78 is 0. The summed E-state index contributed by atoms with van der Waals surface area (Å²) in [5.74, 6) is 0.667. The van der Waals surface area contributed by atoms with Gasteiger partial charge < -0.3 is 11.1 Å². The van der Waals surface area contributed by atoms with E-state index < -0.39 is 0 Å². The van der Waals surface area contributed by atoms with Crippen molar-refractivity contribution in [1.82, 2.24) is 4.98 Å². The molecule has 0 aliphatic rings. The number of anilines is 1. The summed E-state index contributed by atoms with van der Waals surface area (Å²) in [4.78, 5) is 4.15. The summed E-state index contributed by atoms with van der Waals surface area (Å²) in [7, 11) is 0. The molecule has 3 nitrogen and oxygen atoms in total. The molecule has 0 fully saturated rings. The van der Waals surface area contributed by atoms with Gasteiger partial charge in [-0.25, -0.2) is 4.98 Å². The lowest BCUT2D eigenvalue weighted by molar-refractivity contribution is 0.762. The quantitative estimate of drug-likeness (QED) is 0.874. The molecule has 0 bridgehead atoms. The molecule has 0 aliphatic heterocycles. The second-order valence-electron chi connectivity index (χ2n) is 3.73. The fourth-order valence-electron chi connectivity index (χ4n) is 1.54. The predicted octanol–water partition coefficient (Wildman–Crippen LogP) is 2.85. The van der Waals surface area contributed by atoms with Crippen LogP contribution < -0.4 is 11.1 Å². The largest absolute Gasteiger partial charge is 0.367 e.